The first kappa shape index (κ1) is 12.7. The zero-order chi connectivity index (χ0) is 11.3. The van der Waals surface area contributed by atoms with Gasteiger partial charge in [0, 0.05) is 6.04 Å². The van der Waals surface area contributed by atoms with Crippen molar-refractivity contribution in [2.45, 2.75) is 58.4 Å². The van der Waals surface area contributed by atoms with E-state index in [0.29, 0.717) is 6.04 Å². The third kappa shape index (κ3) is 3.62. The van der Waals surface area contributed by atoms with Crippen molar-refractivity contribution in [2.24, 2.45) is 17.7 Å². The van der Waals surface area contributed by atoms with Crippen molar-refractivity contribution in [3.63, 3.8) is 0 Å². The topological polar surface area (TPSA) is 38.0 Å². The van der Waals surface area contributed by atoms with Gasteiger partial charge in [-0.15, -0.1) is 0 Å². The van der Waals surface area contributed by atoms with Crippen LogP contribution in [0, 0.1) is 11.8 Å². The SMILES string of the molecule is C=C(CC)CC(NN)C1CCC(CC)C1. The maximum absolute atomic E-state index is 5.65. The molecule has 0 heterocycles. The molecule has 0 spiro atoms. The molecule has 0 aromatic heterocycles. The lowest BCUT2D eigenvalue weighted by Crippen LogP contribution is -2.40. The van der Waals surface area contributed by atoms with Crippen LogP contribution in [-0.2, 0) is 0 Å². The average molecular weight is 210 g/mol. The molecule has 1 rings (SSSR count). The third-order valence-corrected chi connectivity index (χ3v) is 3.95. The Labute approximate surface area is 94.3 Å². The number of hydrazine groups is 1. The minimum atomic E-state index is 0.453. The highest BCUT2D eigenvalue weighted by atomic mass is 15.2. The van der Waals surface area contributed by atoms with Crippen molar-refractivity contribution >= 4 is 0 Å². The minimum Gasteiger partial charge on any atom is -0.271 e. The van der Waals surface area contributed by atoms with Gasteiger partial charge in [-0.25, -0.2) is 0 Å². The van der Waals surface area contributed by atoms with Gasteiger partial charge in [0.1, 0.15) is 0 Å². The Morgan fingerprint density at radius 1 is 1.47 bits per heavy atom. The van der Waals surface area contributed by atoms with Crippen LogP contribution in [0.15, 0.2) is 12.2 Å². The van der Waals surface area contributed by atoms with Crippen LogP contribution in [0.25, 0.3) is 0 Å². The predicted molar refractivity (Wildman–Crippen MR) is 66.3 cm³/mol. The molecule has 0 aromatic carbocycles. The standard InChI is InChI=1S/C13H26N2/c1-4-10(3)8-13(15-14)12-7-6-11(5-2)9-12/h11-13,15H,3-9,14H2,1-2H3. The Morgan fingerprint density at radius 3 is 2.67 bits per heavy atom. The summed E-state index contributed by atoms with van der Waals surface area (Å²) in [4.78, 5) is 0. The fraction of sp³-hybridized carbons (Fsp3) is 0.846. The largest absolute Gasteiger partial charge is 0.271 e. The molecule has 3 atom stereocenters. The Balaban J connectivity index is 2.42. The Morgan fingerprint density at radius 2 is 2.20 bits per heavy atom. The molecule has 0 aromatic rings. The summed E-state index contributed by atoms with van der Waals surface area (Å²) in [5.41, 5.74) is 4.31. The van der Waals surface area contributed by atoms with E-state index in [4.69, 9.17) is 5.84 Å². The molecule has 1 aliphatic rings. The van der Waals surface area contributed by atoms with Crippen LogP contribution < -0.4 is 11.3 Å². The zero-order valence-corrected chi connectivity index (χ0v) is 10.3. The van der Waals surface area contributed by atoms with Gasteiger partial charge >= 0.3 is 0 Å². The monoisotopic (exact) mass is 210 g/mol. The van der Waals surface area contributed by atoms with Crippen LogP contribution in [0.5, 0.6) is 0 Å². The highest BCUT2D eigenvalue weighted by molar-refractivity contribution is 4.98. The highest BCUT2D eigenvalue weighted by Crippen LogP contribution is 2.36. The van der Waals surface area contributed by atoms with Crippen LogP contribution in [0.2, 0.25) is 0 Å². The van der Waals surface area contributed by atoms with Crippen LogP contribution >= 0.6 is 0 Å². The number of hydrogen-bond donors (Lipinski definition) is 2. The average Bonchev–Trinajstić information content (AvgIpc) is 2.73. The van der Waals surface area contributed by atoms with Gasteiger partial charge in [0.05, 0.1) is 0 Å². The first-order valence-corrected chi connectivity index (χ1v) is 6.34. The van der Waals surface area contributed by atoms with E-state index in [1.54, 1.807) is 0 Å². The molecular weight excluding hydrogens is 184 g/mol. The van der Waals surface area contributed by atoms with Gasteiger partial charge in [-0.05, 0) is 37.5 Å². The molecule has 2 nitrogen and oxygen atoms in total. The van der Waals surface area contributed by atoms with Crippen LogP contribution in [0.3, 0.4) is 0 Å². The molecule has 0 aliphatic heterocycles. The van der Waals surface area contributed by atoms with Crippen molar-refractivity contribution in [3.8, 4) is 0 Å². The highest BCUT2D eigenvalue weighted by Gasteiger charge is 2.29. The molecule has 15 heavy (non-hydrogen) atoms. The summed E-state index contributed by atoms with van der Waals surface area (Å²) in [5.74, 6) is 7.35. The van der Waals surface area contributed by atoms with Crippen molar-refractivity contribution < 1.29 is 0 Å². The molecule has 2 heteroatoms. The Kier molecular flexibility index (Phi) is 5.34. The first-order chi connectivity index (χ1) is 7.21. The molecule has 3 N–H and O–H groups in total. The third-order valence-electron chi connectivity index (χ3n) is 3.95. The van der Waals surface area contributed by atoms with Crippen molar-refractivity contribution in [1.82, 2.24) is 5.43 Å². The van der Waals surface area contributed by atoms with Gasteiger partial charge in [-0.1, -0.05) is 38.8 Å². The molecule has 1 fully saturated rings. The van der Waals surface area contributed by atoms with Crippen molar-refractivity contribution in [1.29, 1.82) is 0 Å². The van der Waals surface area contributed by atoms with E-state index in [2.05, 4.69) is 25.9 Å². The van der Waals surface area contributed by atoms with Gasteiger partial charge < -0.3 is 0 Å². The van der Waals surface area contributed by atoms with E-state index in [-0.39, 0.29) is 0 Å². The van der Waals surface area contributed by atoms with Gasteiger partial charge in [-0.2, -0.15) is 0 Å². The lowest BCUT2D eigenvalue weighted by Gasteiger charge is -2.23. The molecule has 1 saturated carbocycles. The Bertz CT molecular complexity index is 201. The second-order valence-electron chi connectivity index (χ2n) is 4.93. The van der Waals surface area contributed by atoms with Gasteiger partial charge in [0.25, 0.3) is 0 Å². The second-order valence-corrected chi connectivity index (χ2v) is 4.93. The maximum Gasteiger partial charge on any atom is 0.0275 e. The summed E-state index contributed by atoms with van der Waals surface area (Å²) < 4.78 is 0. The summed E-state index contributed by atoms with van der Waals surface area (Å²) in [6.45, 7) is 8.54. The smallest absolute Gasteiger partial charge is 0.0275 e. The summed E-state index contributed by atoms with van der Waals surface area (Å²) in [6, 6.07) is 0.453. The first-order valence-electron chi connectivity index (χ1n) is 6.34. The number of nitrogens with two attached hydrogens (primary N) is 1. The zero-order valence-electron chi connectivity index (χ0n) is 10.3. The van der Waals surface area contributed by atoms with Gasteiger partial charge in [-0.3, -0.25) is 11.3 Å². The van der Waals surface area contributed by atoms with E-state index in [9.17, 15) is 0 Å². The quantitative estimate of drug-likeness (QED) is 0.402. The number of hydrogen-bond acceptors (Lipinski definition) is 2. The molecule has 0 amide bonds. The van der Waals surface area contributed by atoms with Crippen LogP contribution in [0.1, 0.15) is 52.4 Å². The molecule has 1 aliphatic carbocycles. The number of nitrogens with one attached hydrogen (secondary N) is 1. The summed E-state index contributed by atoms with van der Waals surface area (Å²) in [6.07, 6.45) is 7.52. The number of rotatable bonds is 6. The summed E-state index contributed by atoms with van der Waals surface area (Å²) in [7, 11) is 0. The summed E-state index contributed by atoms with van der Waals surface area (Å²) >= 11 is 0. The van der Waals surface area contributed by atoms with E-state index in [1.165, 1.54) is 31.3 Å². The molecular formula is C13H26N2. The van der Waals surface area contributed by atoms with Crippen molar-refractivity contribution in [3.05, 3.63) is 12.2 Å². The van der Waals surface area contributed by atoms with Crippen LogP contribution in [0.4, 0.5) is 0 Å². The molecule has 0 saturated heterocycles. The molecule has 0 radical (unpaired) electrons. The lowest BCUT2D eigenvalue weighted by molar-refractivity contribution is 0.346. The van der Waals surface area contributed by atoms with Crippen molar-refractivity contribution in [2.75, 3.05) is 0 Å². The minimum absolute atomic E-state index is 0.453. The molecule has 0 bridgehead atoms. The van der Waals surface area contributed by atoms with E-state index in [0.717, 1.165) is 24.7 Å². The van der Waals surface area contributed by atoms with E-state index < -0.39 is 0 Å². The van der Waals surface area contributed by atoms with Gasteiger partial charge in [0.15, 0.2) is 0 Å². The summed E-state index contributed by atoms with van der Waals surface area (Å²) in [5, 5.41) is 0. The predicted octanol–water partition coefficient (Wildman–Crippen LogP) is 3.00. The fourth-order valence-corrected chi connectivity index (χ4v) is 2.67. The maximum atomic E-state index is 5.65. The van der Waals surface area contributed by atoms with Crippen LogP contribution in [-0.4, -0.2) is 6.04 Å². The fourth-order valence-electron chi connectivity index (χ4n) is 2.67. The van der Waals surface area contributed by atoms with E-state index in [1.807, 2.05) is 0 Å². The normalized spacial score (nSPS) is 27.9. The Hall–Kier alpha value is -0.340. The van der Waals surface area contributed by atoms with Gasteiger partial charge in [0.2, 0.25) is 0 Å². The second kappa shape index (κ2) is 6.29. The molecule has 88 valence electrons. The molecule has 3 unspecified atom stereocenters. The van der Waals surface area contributed by atoms with E-state index >= 15 is 0 Å². The lowest BCUT2D eigenvalue weighted by atomic mass is 9.91.